The number of nitriles is 1. The fraction of sp³-hybridized carbons (Fsp3) is 0.438. The van der Waals surface area contributed by atoms with E-state index in [-0.39, 0.29) is 0 Å². The van der Waals surface area contributed by atoms with E-state index in [4.69, 9.17) is 5.26 Å². The molecule has 0 bridgehead atoms. The quantitative estimate of drug-likeness (QED) is 0.492. The van der Waals surface area contributed by atoms with Crippen molar-refractivity contribution in [3.05, 3.63) is 47.5 Å². The standard InChI is InChI=1S/C16H21N/c1-2-3-4-5-6-7-8-9-15-10-12-16(14-17)13-11-15/h7-8,10-13H,2-6,9H2,1H3. The van der Waals surface area contributed by atoms with Crippen molar-refractivity contribution in [3.63, 3.8) is 0 Å². The molecule has 0 radical (unpaired) electrons. The largest absolute Gasteiger partial charge is 0.192 e. The highest BCUT2D eigenvalue weighted by molar-refractivity contribution is 5.32. The Labute approximate surface area is 105 Å². The first kappa shape index (κ1) is 13.5. The molecule has 0 atom stereocenters. The van der Waals surface area contributed by atoms with Crippen LogP contribution in [-0.2, 0) is 6.42 Å². The molecule has 1 aromatic rings. The number of rotatable bonds is 7. The molecule has 0 amide bonds. The molecule has 0 N–H and O–H groups in total. The van der Waals surface area contributed by atoms with E-state index in [1.54, 1.807) is 0 Å². The van der Waals surface area contributed by atoms with Gasteiger partial charge in [0.1, 0.15) is 0 Å². The van der Waals surface area contributed by atoms with Crippen LogP contribution in [0, 0.1) is 11.3 Å². The van der Waals surface area contributed by atoms with Crippen molar-refractivity contribution in [1.29, 1.82) is 5.26 Å². The zero-order valence-electron chi connectivity index (χ0n) is 10.7. The fourth-order valence-corrected chi connectivity index (χ4v) is 1.74. The van der Waals surface area contributed by atoms with E-state index in [1.807, 2.05) is 24.3 Å². The van der Waals surface area contributed by atoms with Crippen molar-refractivity contribution in [2.75, 3.05) is 0 Å². The van der Waals surface area contributed by atoms with Crippen LogP contribution in [0.2, 0.25) is 0 Å². The van der Waals surface area contributed by atoms with E-state index in [1.165, 1.54) is 37.7 Å². The summed E-state index contributed by atoms with van der Waals surface area (Å²) in [5.41, 5.74) is 2.01. The second-order valence-corrected chi connectivity index (χ2v) is 4.33. The second kappa shape index (κ2) is 8.58. The molecule has 0 aromatic heterocycles. The van der Waals surface area contributed by atoms with Crippen LogP contribution in [0.4, 0.5) is 0 Å². The van der Waals surface area contributed by atoms with Gasteiger partial charge in [-0.1, -0.05) is 50.5 Å². The van der Waals surface area contributed by atoms with E-state index in [0.29, 0.717) is 0 Å². The summed E-state index contributed by atoms with van der Waals surface area (Å²) in [5.74, 6) is 0. The average Bonchev–Trinajstić information content (AvgIpc) is 2.38. The van der Waals surface area contributed by atoms with Crippen LogP contribution in [-0.4, -0.2) is 0 Å². The number of unbranched alkanes of at least 4 members (excludes halogenated alkanes) is 4. The molecule has 1 rings (SSSR count). The molecule has 1 nitrogen and oxygen atoms in total. The summed E-state index contributed by atoms with van der Waals surface area (Å²) < 4.78 is 0. The lowest BCUT2D eigenvalue weighted by atomic mass is 10.1. The van der Waals surface area contributed by atoms with Gasteiger partial charge in [-0.25, -0.2) is 0 Å². The number of nitrogens with zero attached hydrogens (tertiary/aromatic N) is 1. The van der Waals surface area contributed by atoms with Gasteiger partial charge in [-0.3, -0.25) is 0 Å². The highest BCUT2D eigenvalue weighted by Gasteiger charge is 1.91. The summed E-state index contributed by atoms with van der Waals surface area (Å²) in [4.78, 5) is 0. The number of allylic oxidation sites excluding steroid dienone is 2. The predicted molar refractivity (Wildman–Crippen MR) is 72.8 cm³/mol. The molecule has 90 valence electrons. The lowest BCUT2D eigenvalue weighted by Gasteiger charge is -1.97. The molecule has 17 heavy (non-hydrogen) atoms. The molecule has 1 heteroatoms. The maximum absolute atomic E-state index is 8.68. The van der Waals surface area contributed by atoms with Crippen LogP contribution >= 0.6 is 0 Å². The van der Waals surface area contributed by atoms with Gasteiger partial charge in [0, 0.05) is 0 Å². The minimum Gasteiger partial charge on any atom is -0.192 e. The Bertz CT molecular complexity index is 368. The third-order valence-electron chi connectivity index (χ3n) is 2.83. The fourth-order valence-electron chi connectivity index (χ4n) is 1.74. The Morgan fingerprint density at radius 1 is 1.06 bits per heavy atom. The van der Waals surface area contributed by atoms with Gasteiger partial charge in [0.15, 0.2) is 0 Å². The van der Waals surface area contributed by atoms with Crippen LogP contribution in [0.15, 0.2) is 36.4 Å². The lowest BCUT2D eigenvalue weighted by Crippen LogP contribution is -1.81. The first-order valence-corrected chi connectivity index (χ1v) is 6.51. The Kier molecular flexibility index (Phi) is 6.82. The van der Waals surface area contributed by atoms with E-state index < -0.39 is 0 Å². The van der Waals surface area contributed by atoms with E-state index in [9.17, 15) is 0 Å². The molecule has 0 aliphatic rings. The molecule has 0 saturated heterocycles. The van der Waals surface area contributed by atoms with Crippen molar-refractivity contribution >= 4 is 0 Å². The van der Waals surface area contributed by atoms with Crippen LogP contribution in [0.1, 0.15) is 50.2 Å². The maximum Gasteiger partial charge on any atom is 0.0991 e. The zero-order valence-corrected chi connectivity index (χ0v) is 10.7. The first-order chi connectivity index (χ1) is 8.36. The van der Waals surface area contributed by atoms with Crippen molar-refractivity contribution < 1.29 is 0 Å². The Hall–Kier alpha value is -1.55. The third-order valence-corrected chi connectivity index (χ3v) is 2.83. The number of hydrogen-bond acceptors (Lipinski definition) is 1. The highest BCUT2D eigenvalue weighted by atomic mass is 14.2. The Balaban J connectivity index is 2.21. The maximum atomic E-state index is 8.68. The molecule has 0 spiro atoms. The predicted octanol–water partition coefficient (Wildman–Crippen LogP) is 4.63. The van der Waals surface area contributed by atoms with E-state index >= 15 is 0 Å². The number of hydrogen-bond donors (Lipinski definition) is 0. The Morgan fingerprint density at radius 3 is 2.47 bits per heavy atom. The molecule has 0 unspecified atom stereocenters. The van der Waals surface area contributed by atoms with Gasteiger partial charge in [-0.2, -0.15) is 5.26 Å². The molecular formula is C16H21N. The van der Waals surface area contributed by atoms with Crippen molar-refractivity contribution in [3.8, 4) is 6.07 Å². The SMILES string of the molecule is CCCCCCC=CCc1ccc(C#N)cc1. The highest BCUT2D eigenvalue weighted by Crippen LogP contribution is 2.06. The summed E-state index contributed by atoms with van der Waals surface area (Å²) in [5, 5.41) is 8.68. The average molecular weight is 227 g/mol. The monoisotopic (exact) mass is 227 g/mol. The van der Waals surface area contributed by atoms with Crippen molar-refractivity contribution in [2.24, 2.45) is 0 Å². The lowest BCUT2D eigenvalue weighted by molar-refractivity contribution is 0.674. The van der Waals surface area contributed by atoms with E-state index in [0.717, 1.165) is 12.0 Å². The molecule has 0 fully saturated rings. The first-order valence-electron chi connectivity index (χ1n) is 6.51. The summed E-state index contributed by atoms with van der Waals surface area (Å²) >= 11 is 0. The molecular weight excluding hydrogens is 206 g/mol. The van der Waals surface area contributed by atoms with Gasteiger partial charge in [0.25, 0.3) is 0 Å². The third kappa shape index (κ3) is 5.92. The zero-order chi connectivity index (χ0) is 12.3. The molecule has 1 aromatic carbocycles. The molecule has 0 aliphatic heterocycles. The summed E-state index contributed by atoms with van der Waals surface area (Å²) in [6, 6.07) is 9.95. The van der Waals surface area contributed by atoms with Gasteiger partial charge < -0.3 is 0 Å². The van der Waals surface area contributed by atoms with Gasteiger partial charge in [0.05, 0.1) is 11.6 Å². The van der Waals surface area contributed by atoms with Crippen LogP contribution in [0.5, 0.6) is 0 Å². The molecule has 0 heterocycles. The topological polar surface area (TPSA) is 23.8 Å². The van der Waals surface area contributed by atoms with Crippen LogP contribution in [0.25, 0.3) is 0 Å². The molecule has 0 saturated carbocycles. The van der Waals surface area contributed by atoms with Gasteiger partial charge >= 0.3 is 0 Å². The molecule has 0 aliphatic carbocycles. The van der Waals surface area contributed by atoms with Crippen molar-refractivity contribution in [2.45, 2.75) is 45.4 Å². The summed E-state index contributed by atoms with van der Waals surface area (Å²) in [6.07, 6.45) is 12.0. The van der Waals surface area contributed by atoms with Crippen LogP contribution < -0.4 is 0 Å². The minimum absolute atomic E-state index is 0.734. The summed E-state index contributed by atoms with van der Waals surface area (Å²) in [7, 11) is 0. The smallest absolute Gasteiger partial charge is 0.0991 e. The second-order valence-electron chi connectivity index (χ2n) is 4.33. The van der Waals surface area contributed by atoms with Gasteiger partial charge in [-0.15, -0.1) is 0 Å². The Morgan fingerprint density at radius 2 is 1.82 bits per heavy atom. The number of benzene rings is 1. The summed E-state index contributed by atoms with van der Waals surface area (Å²) in [6.45, 7) is 2.24. The minimum atomic E-state index is 0.734. The van der Waals surface area contributed by atoms with E-state index in [2.05, 4.69) is 25.1 Å². The van der Waals surface area contributed by atoms with Crippen molar-refractivity contribution in [1.82, 2.24) is 0 Å². The van der Waals surface area contributed by atoms with Gasteiger partial charge in [-0.05, 0) is 37.0 Å². The van der Waals surface area contributed by atoms with Gasteiger partial charge in [0.2, 0.25) is 0 Å². The van der Waals surface area contributed by atoms with Crippen LogP contribution in [0.3, 0.4) is 0 Å². The normalized spacial score (nSPS) is 10.6.